The summed E-state index contributed by atoms with van der Waals surface area (Å²) in [5.41, 5.74) is 16.2. The van der Waals surface area contributed by atoms with Crippen LogP contribution in [0.4, 0.5) is 0 Å². The SMILES string of the molecule is C1=CC2=C(c3ccc(-c4ccccc4)cc3)N=C(c3cccc4oc5c(-n6c7ccc(-c8ccccc8)cc7c7cc(-c8ccccc8)ccc76)cccc5c34)NC2C=C1. The fourth-order valence-corrected chi connectivity index (χ4v) is 9.18. The van der Waals surface area contributed by atoms with Gasteiger partial charge in [-0.05, 0) is 69.8 Å². The average Bonchev–Trinajstić information content (AvgIpc) is 3.87. The van der Waals surface area contributed by atoms with E-state index in [0.717, 1.165) is 66.9 Å². The van der Waals surface area contributed by atoms with Crippen LogP contribution in [0.5, 0.6) is 0 Å². The van der Waals surface area contributed by atoms with Crippen LogP contribution in [-0.2, 0) is 0 Å². The molecule has 8 aromatic carbocycles. The van der Waals surface area contributed by atoms with Crippen LogP contribution in [0.3, 0.4) is 0 Å². The second kappa shape index (κ2) is 13.9. The molecular weight excluding hydrogens is 731 g/mol. The minimum Gasteiger partial charge on any atom is -0.454 e. The summed E-state index contributed by atoms with van der Waals surface area (Å²) in [6, 6.07) is 67.0. The van der Waals surface area contributed by atoms with E-state index in [-0.39, 0.29) is 6.04 Å². The molecule has 3 heterocycles. The predicted molar refractivity (Wildman–Crippen MR) is 249 cm³/mol. The monoisotopic (exact) mass is 767 g/mol. The maximum absolute atomic E-state index is 6.96. The van der Waals surface area contributed by atoms with Gasteiger partial charge in [0.1, 0.15) is 11.4 Å². The summed E-state index contributed by atoms with van der Waals surface area (Å²) in [6.45, 7) is 0. The van der Waals surface area contributed by atoms with Crippen molar-refractivity contribution < 1.29 is 4.42 Å². The van der Waals surface area contributed by atoms with Crippen LogP contribution < -0.4 is 5.32 Å². The first kappa shape index (κ1) is 34.1. The van der Waals surface area contributed by atoms with Gasteiger partial charge in [-0.2, -0.15) is 0 Å². The number of amidine groups is 1. The van der Waals surface area contributed by atoms with Crippen molar-refractivity contribution in [3.63, 3.8) is 0 Å². The molecule has 0 fully saturated rings. The lowest BCUT2D eigenvalue weighted by atomic mass is 9.93. The summed E-state index contributed by atoms with van der Waals surface area (Å²) in [5, 5.41) is 8.26. The molecule has 1 aliphatic heterocycles. The van der Waals surface area contributed by atoms with Crippen LogP contribution in [0, 0.1) is 0 Å². The first-order valence-corrected chi connectivity index (χ1v) is 20.5. The molecule has 1 aliphatic carbocycles. The molecule has 1 N–H and O–H groups in total. The summed E-state index contributed by atoms with van der Waals surface area (Å²) < 4.78 is 9.33. The molecule has 10 aromatic rings. The molecule has 0 radical (unpaired) electrons. The number of nitrogens with zero attached hydrogens (tertiary/aromatic N) is 2. The van der Waals surface area contributed by atoms with Crippen molar-refractivity contribution in [1.29, 1.82) is 0 Å². The van der Waals surface area contributed by atoms with E-state index < -0.39 is 0 Å². The van der Waals surface area contributed by atoms with Crippen LogP contribution in [0.1, 0.15) is 11.1 Å². The lowest BCUT2D eigenvalue weighted by Gasteiger charge is -2.28. The highest BCUT2D eigenvalue weighted by Gasteiger charge is 2.27. The Morgan fingerprint density at radius 1 is 0.483 bits per heavy atom. The van der Waals surface area contributed by atoms with Crippen molar-refractivity contribution in [3.8, 4) is 39.1 Å². The van der Waals surface area contributed by atoms with Gasteiger partial charge in [0.05, 0.1) is 28.5 Å². The highest BCUT2D eigenvalue weighted by Crippen LogP contribution is 2.42. The number of rotatable bonds is 6. The van der Waals surface area contributed by atoms with E-state index in [4.69, 9.17) is 9.41 Å². The molecule has 1 unspecified atom stereocenters. The molecule has 2 aliphatic rings. The Kier molecular flexibility index (Phi) is 7.88. The smallest absolute Gasteiger partial charge is 0.159 e. The van der Waals surface area contributed by atoms with E-state index in [1.54, 1.807) is 0 Å². The number of furan rings is 1. The van der Waals surface area contributed by atoms with Gasteiger partial charge in [-0.3, -0.25) is 0 Å². The maximum atomic E-state index is 6.96. The van der Waals surface area contributed by atoms with Crippen LogP contribution >= 0.6 is 0 Å². The van der Waals surface area contributed by atoms with E-state index in [1.807, 2.05) is 0 Å². The minimum atomic E-state index is -0.0190. The van der Waals surface area contributed by atoms with Crippen LogP contribution in [-0.4, -0.2) is 16.4 Å². The van der Waals surface area contributed by atoms with Gasteiger partial charge < -0.3 is 14.3 Å². The van der Waals surface area contributed by atoms with E-state index in [0.29, 0.717) is 0 Å². The summed E-state index contributed by atoms with van der Waals surface area (Å²) in [7, 11) is 0. The largest absolute Gasteiger partial charge is 0.454 e. The number of para-hydroxylation sites is 1. The molecule has 0 amide bonds. The Bertz CT molecular complexity index is 3320. The summed E-state index contributed by atoms with van der Waals surface area (Å²) in [4.78, 5) is 5.42. The number of nitrogens with one attached hydrogen (secondary N) is 1. The summed E-state index contributed by atoms with van der Waals surface area (Å²) in [5.74, 6) is 0.822. The van der Waals surface area contributed by atoms with Crippen molar-refractivity contribution in [2.75, 3.05) is 0 Å². The van der Waals surface area contributed by atoms with Crippen molar-refractivity contribution in [2.45, 2.75) is 6.04 Å². The first-order valence-electron chi connectivity index (χ1n) is 20.5. The van der Waals surface area contributed by atoms with Gasteiger partial charge in [0.15, 0.2) is 5.58 Å². The quantitative estimate of drug-likeness (QED) is 0.183. The number of aromatic nitrogens is 1. The zero-order chi connectivity index (χ0) is 39.6. The van der Waals surface area contributed by atoms with Crippen molar-refractivity contribution >= 4 is 55.3 Å². The lowest BCUT2D eigenvalue weighted by molar-refractivity contribution is 0.666. The number of aliphatic imine (C=N–C) groups is 1. The molecule has 1 atom stereocenters. The topological polar surface area (TPSA) is 42.5 Å². The molecule has 4 heteroatoms. The first-order chi connectivity index (χ1) is 29.7. The zero-order valence-electron chi connectivity index (χ0n) is 32.6. The molecule has 4 nitrogen and oxygen atoms in total. The lowest BCUT2D eigenvalue weighted by Crippen LogP contribution is -2.39. The van der Waals surface area contributed by atoms with E-state index >= 15 is 0 Å². The normalized spacial score (nSPS) is 14.9. The van der Waals surface area contributed by atoms with Gasteiger partial charge in [-0.1, -0.05) is 176 Å². The molecule has 2 aromatic heterocycles. The molecular formula is C56H37N3O. The average molecular weight is 768 g/mol. The van der Waals surface area contributed by atoms with Gasteiger partial charge >= 0.3 is 0 Å². The standard InChI is InChI=1S/C56H37N3O/c1-4-14-36(15-5-1)39-26-28-40(29-27-39)54-43-20-10-11-23-48(43)57-56(58-54)45-22-13-25-52-53(45)44-21-12-24-51(55(44)60-52)59-49-32-30-41(37-16-6-2-7-17-37)34-46(49)47-35-42(31-33-50(47)59)38-18-8-3-9-19-38/h1-35,48H,(H,57,58). The summed E-state index contributed by atoms with van der Waals surface area (Å²) in [6.07, 6.45) is 8.59. The Morgan fingerprint density at radius 2 is 1.05 bits per heavy atom. The molecule has 0 saturated heterocycles. The predicted octanol–water partition coefficient (Wildman–Crippen LogP) is 13.9. The van der Waals surface area contributed by atoms with Crippen LogP contribution in [0.25, 0.3) is 88.5 Å². The second-order valence-corrected chi connectivity index (χ2v) is 15.5. The number of fused-ring (bicyclic) bond motifs is 7. The Labute approximate surface area is 347 Å². The third-order valence-corrected chi connectivity index (χ3v) is 12.1. The van der Waals surface area contributed by atoms with E-state index in [2.05, 4.69) is 222 Å². The molecule has 282 valence electrons. The Hall–Kier alpha value is -7.95. The van der Waals surface area contributed by atoms with E-state index in [9.17, 15) is 0 Å². The van der Waals surface area contributed by atoms with Crippen molar-refractivity contribution in [1.82, 2.24) is 9.88 Å². The Balaban J connectivity index is 1.03. The number of allylic oxidation sites excluding steroid dienone is 2. The molecule has 0 spiro atoms. The minimum absolute atomic E-state index is 0.0190. The third kappa shape index (κ3) is 5.57. The maximum Gasteiger partial charge on any atom is 0.159 e. The molecule has 12 rings (SSSR count). The molecule has 0 bridgehead atoms. The van der Waals surface area contributed by atoms with Gasteiger partial charge in [0, 0.05) is 38.2 Å². The fraction of sp³-hybridized carbons (Fsp3) is 0.0179. The van der Waals surface area contributed by atoms with Crippen molar-refractivity contribution in [3.05, 3.63) is 229 Å². The fourth-order valence-electron chi connectivity index (χ4n) is 9.18. The van der Waals surface area contributed by atoms with Crippen LogP contribution in [0.2, 0.25) is 0 Å². The second-order valence-electron chi connectivity index (χ2n) is 15.5. The van der Waals surface area contributed by atoms with Gasteiger partial charge in [0.25, 0.3) is 0 Å². The third-order valence-electron chi connectivity index (χ3n) is 12.1. The number of benzene rings is 8. The van der Waals surface area contributed by atoms with E-state index in [1.165, 1.54) is 44.2 Å². The highest BCUT2D eigenvalue weighted by atomic mass is 16.3. The Morgan fingerprint density at radius 3 is 1.70 bits per heavy atom. The molecule has 60 heavy (non-hydrogen) atoms. The molecule has 0 saturated carbocycles. The summed E-state index contributed by atoms with van der Waals surface area (Å²) >= 11 is 0. The van der Waals surface area contributed by atoms with Gasteiger partial charge in [-0.15, -0.1) is 0 Å². The zero-order valence-corrected chi connectivity index (χ0v) is 32.6. The van der Waals surface area contributed by atoms with Gasteiger partial charge in [-0.25, -0.2) is 4.99 Å². The number of hydrogen-bond donors (Lipinski definition) is 1. The highest BCUT2D eigenvalue weighted by molar-refractivity contribution is 6.21. The van der Waals surface area contributed by atoms with Gasteiger partial charge in [0.2, 0.25) is 0 Å². The van der Waals surface area contributed by atoms with Crippen molar-refractivity contribution in [2.24, 2.45) is 4.99 Å². The van der Waals surface area contributed by atoms with Crippen LogP contribution in [0.15, 0.2) is 227 Å². The number of hydrogen-bond acceptors (Lipinski definition) is 3.